The summed E-state index contributed by atoms with van der Waals surface area (Å²) >= 11 is 5.08. The molecule has 1 fully saturated rings. The van der Waals surface area contributed by atoms with Gasteiger partial charge in [0.2, 0.25) is 4.77 Å². The molecule has 1 heterocycles. The Balaban J connectivity index is 1.91. The molecule has 1 saturated carbocycles. The lowest BCUT2D eigenvalue weighted by atomic mass is 10.2. The average Bonchev–Trinajstić information content (AvgIpc) is 3.16. The third-order valence-electron chi connectivity index (χ3n) is 2.88. The first kappa shape index (κ1) is 12.2. The van der Waals surface area contributed by atoms with Crippen molar-refractivity contribution in [3.63, 3.8) is 0 Å². The van der Waals surface area contributed by atoms with E-state index in [2.05, 4.69) is 15.3 Å². The maximum absolute atomic E-state index is 13.1. The molecule has 1 aliphatic rings. The molecular formula is C12H10F2N4S. The first-order chi connectivity index (χ1) is 9.15. The molecule has 7 heteroatoms. The number of benzene rings is 1. The third kappa shape index (κ3) is 2.46. The van der Waals surface area contributed by atoms with E-state index in [9.17, 15) is 8.78 Å². The fourth-order valence-electron chi connectivity index (χ4n) is 1.74. The Bertz CT molecular complexity index is 700. The van der Waals surface area contributed by atoms with Gasteiger partial charge in [-0.25, -0.2) is 8.78 Å². The molecule has 0 bridgehead atoms. The lowest BCUT2D eigenvalue weighted by Crippen LogP contribution is -1.97. The van der Waals surface area contributed by atoms with E-state index < -0.39 is 11.6 Å². The van der Waals surface area contributed by atoms with Crippen molar-refractivity contribution in [3.05, 3.63) is 46.0 Å². The van der Waals surface area contributed by atoms with Gasteiger partial charge in [0.25, 0.3) is 0 Å². The maximum Gasteiger partial charge on any atom is 0.216 e. The van der Waals surface area contributed by atoms with Crippen LogP contribution in [0.2, 0.25) is 0 Å². The van der Waals surface area contributed by atoms with Crippen LogP contribution in [0.4, 0.5) is 8.78 Å². The number of rotatable bonds is 3. The number of nitrogens with zero attached hydrogens (tertiary/aromatic N) is 3. The van der Waals surface area contributed by atoms with Crippen LogP contribution in [0.1, 0.15) is 30.1 Å². The van der Waals surface area contributed by atoms with Crippen molar-refractivity contribution in [2.24, 2.45) is 5.10 Å². The smallest absolute Gasteiger partial charge is 0.216 e. The van der Waals surface area contributed by atoms with E-state index in [1.54, 1.807) is 0 Å². The number of aromatic nitrogens is 3. The molecule has 98 valence electrons. The molecule has 0 unspecified atom stereocenters. The highest BCUT2D eigenvalue weighted by atomic mass is 32.1. The molecule has 4 nitrogen and oxygen atoms in total. The van der Waals surface area contributed by atoms with Gasteiger partial charge in [-0.05, 0) is 42.8 Å². The minimum absolute atomic E-state index is 0.384. The zero-order valence-corrected chi connectivity index (χ0v) is 10.6. The van der Waals surface area contributed by atoms with Crippen LogP contribution in [-0.4, -0.2) is 21.1 Å². The second kappa shape index (κ2) is 4.65. The highest BCUT2D eigenvalue weighted by Gasteiger charge is 2.29. The molecule has 1 N–H and O–H groups in total. The first-order valence-corrected chi connectivity index (χ1v) is 6.22. The van der Waals surface area contributed by atoms with E-state index in [1.165, 1.54) is 17.0 Å². The molecule has 1 aromatic heterocycles. The molecule has 0 saturated heterocycles. The van der Waals surface area contributed by atoms with Gasteiger partial charge in [0.1, 0.15) is 0 Å². The number of halogens is 2. The fraction of sp³-hybridized carbons (Fsp3) is 0.250. The summed E-state index contributed by atoms with van der Waals surface area (Å²) in [6.07, 6.45) is 3.57. The van der Waals surface area contributed by atoms with E-state index in [1.807, 2.05) is 0 Å². The molecule has 0 spiro atoms. The van der Waals surface area contributed by atoms with Gasteiger partial charge >= 0.3 is 0 Å². The van der Waals surface area contributed by atoms with Crippen LogP contribution in [0.5, 0.6) is 0 Å². The Labute approximate surface area is 112 Å². The van der Waals surface area contributed by atoms with Crippen LogP contribution in [-0.2, 0) is 0 Å². The quantitative estimate of drug-likeness (QED) is 0.694. The van der Waals surface area contributed by atoms with Crippen molar-refractivity contribution < 1.29 is 8.78 Å². The molecule has 1 aliphatic carbocycles. The fourth-order valence-corrected chi connectivity index (χ4v) is 1.92. The monoisotopic (exact) mass is 280 g/mol. The molecule has 3 rings (SSSR count). The summed E-state index contributed by atoms with van der Waals surface area (Å²) < 4.78 is 27.8. The standard InChI is InChI=1S/C12H10F2N4S/c13-9-4-1-7(5-10(9)14)6-15-18-11(8-2-3-8)16-17-12(18)19/h1,4-6,8H,2-3H2,(H,17,19)/b15-6-. The predicted octanol–water partition coefficient (Wildman–Crippen LogP) is 2.98. The summed E-state index contributed by atoms with van der Waals surface area (Å²) in [6.45, 7) is 0. The Kier molecular flexibility index (Phi) is 2.98. The van der Waals surface area contributed by atoms with Gasteiger partial charge in [-0.3, -0.25) is 5.10 Å². The number of nitrogens with one attached hydrogen (secondary N) is 1. The number of aromatic amines is 1. The molecule has 0 aliphatic heterocycles. The summed E-state index contributed by atoms with van der Waals surface area (Å²) in [7, 11) is 0. The summed E-state index contributed by atoms with van der Waals surface area (Å²) in [5, 5.41) is 11.0. The topological polar surface area (TPSA) is 46.0 Å². The van der Waals surface area contributed by atoms with Gasteiger partial charge in [0.05, 0.1) is 6.21 Å². The number of hydrogen-bond donors (Lipinski definition) is 1. The Hall–Kier alpha value is -1.89. The highest BCUT2D eigenvalue weighted by Crippen LogP contribution is 2.38. The maximum atomic E-state index is 13.1. The zero-order valence-electron chi connectivity index (χ0n) is 9.81. The summed E-state index contributed by atoms with van der Waals surface area (Å²) in [6, 6.07) is 3.59. The van der Waals surface area contributed by atoms with Crippen molar-refractivity contribution in [1.29, 1.82) is 0 Å². The zero-order chi connectivity index (χ0) is 13.4. The van der Waals surface area contributed by atoms with Crippen molar-refractivity contribution in [3.8, 4) is 0 Å². The van der Waals surface area contributed by atoms with E-state index in [0.717, 1.165) is 30.8 Å². The summed E-state index contributed by atoms with van der Waals surface area (Å²) in [4.78, 5) is 0. The molecular weight excluding hydrogens is 270 g/mol. The first-order valence-electron chi connectivity index (χ1n) is 5.82. The van der Waals surface area contributed by atoms with Gasteiger partial charge in [-0.1, -0.05) is 6.07 Å². The minimum atomic E-state index is -0.901. The average molecular weight is 280 g/mol. The van der Waals surface area contributed by atoms with Gasteiger partial charge in [0, 0.05) is 5.92 Å². The molecule has 2 aromatic rings. The van der Waals surface area contributed by atoms with Crippen molar-refractivity contribution in [1.82, 2.24) is 14.9 Å². The normalized spacial score (nSPS) is 15.3. The van der Waals surface area contributed by atoms with Crippen molar-refractivity contribution in [2.75, 3.05) is 0 Å². The SMILES string of the molecule is Fc1ccc(/C=N\n2c(C3CC3)n[nH]c2=S)cc1F. The molecule has 1 aromatic carbocycles. The second-order valence-electron chi connectivity index (χ2n) is 4.39. The largest absolute Gasteiger partial charge is 0.250 e. The lowest BCUT2D eigenvalue weighted by Gasteiger charge is -1.98. The van der Waals surface area contributed by atoms with Crippen molar-refractivity contribution in [2.45, 2.75) is 18.8 Å². The predicted molar refractivity (Wildman–Crippen MR) is 68.7 cm³/mol. The highest BCUT2D eigenvalue weighted by molar-refractivity contribution is 7.71. The van der Waals surface area contributed by atoms with E-state index in [4.69, 9.17) is 12.2 Å². The van der Waals surface area contributed by atoms with Crippen LogP contribution in [0.3, 0.4) is 0 Å². The van der Waals surface area contributed by atoms with Gasteiger partial charge in [0.15, 0.2) is 17.5 Å². The van der Waals surface area contributed by atoms with Crippen molar-refractivity contribution >= 4 is 18.4 Å². The number of H-pyrrole nitrogens is 1. The summed E-state index contributed by atoms with van der Waals surface area (Å²) in [5.74, 6) is -0.614. The van der Waals surface area contributed by atoms with Gasteiger partial charge in [-0.15, -0.1) is 0 Å². The Morgan fingerprint density at radius 2 is 2.16 bits per heavy atom. The van der Waals surface area contributed by atoms with Gasteiger partial charge in [-0.2, -0.15) is 14.9 Å². The third-order valence-corrected chi connectivity index (χ3v) is 3.15. The van der Waals surface area contributed by atoms with E-state index in [0.29, 0.717) is 16.3 Å². The van der Waals surface area contributed by atoms with Crippen LogP contribution in [0, 0.1) is 16.4 Å². The summed E-state index contributed by atoms with van der Waals surface area (Å²) in [5.41, 5.74) is 0.462. The van der Waals surface area contributed by atoms with Crippen LogP contribution >= 0.6 is 12.2 Å². The van der Waals surface area contributed by atoms with Crippen LogP contribution < -0.4 is 0 Å². The second-order valence-corrected chi connectivity index (χ2v) is 4.78. The van der Waals surface area contributed by atoms with E-state index >= 15 is 0 Å². The Morgan fingerprint density at radius 3 is 2.84 bits per heavy atom. The molecule has 0 atom stereocenters. The Morgan fingerprint density at radius 1 is 1.37 bits per heavy atom. The molecule has 0 amide bonds. The molecule has 0 radical (unpaired) electrons. The molecule has 19 heavy (non-hydrogen) atoms. The lowest BCUT2D eigenvalue weighted by molar-refractivity contribution is 0.508. The van der Waals surface area contributed by atoms with Crippen LogP contribution in [0.25, 0.3) is 0 Å². The van der Waals surface area contributed by atoms with Gasteiger partial charge < -0.3 is 0 Å². The number of hydrogen-bond acceptors (Lipinski definition) is 3. The van der Waals surface area contributed by atoms with Crippen LogP contribution in [0.15, 0.2) is 23.3 Å². The van der Waals surface area contributed by atoms with E-state index in [-0.39, 0.29) is 0 Å². The minimum Gasteiger partial charge on any atom is -0.250 e.